The van der Waals surface area contributed by atoms with Crippen LogP contribution in [0.3, 0.4) is 0 Å². The van der Waals surface area contributed by atoms with E-state index >= 15 is 0 Å². The van der Waals surface area contributed by atoms with Crippen LogP contribution in [-0.2, 0) is 13.1 Å². The summed E-state index contributed by atoms with van der Waals surface area (Å²) in [5, 5.41) is 6.28. The Morgan fingerprint density at radius 3 is 2.62 bits per heavy atom. The van der Waals surface area contributed by atoms with Gasteiger partial charge >= 0.3 is 6.61 Å². The van der Waals surface area contributed by atoms with E-state index in [0.29, 0.717) is 24.6 Å². The molecule has 140 valence electrons. The topological polar surface area (TPSA) is 61.8 Å². The minimum Gasteiger partial charge on any atom is -0.434 e. The second-order valence-corrected chi connectivity index (χ2v) is 5.68. The van der Waals surface area contributed by atoms with E-state index < -0.39 is 6.61 Å². The van der Waals surface area contributed by atoms with Crippen molar-refractivity contribution < 1.29 is 13.5 Å². The van der Waals surface area contributed by atoms with Crippen molar-refractivity contribution >= 4 is 11.8 Å². The number of aromatic nitrogens is 1. The second-order valence-electron chi connectivity index (χ2n) is 5.68. The molecule has 0 unspecified atom stereocenters. The van der Waals surface area contributed by atoms with E-state index in [2.05, 4.69) is 25.3 Å². The molecule has 0 radical (unpaired) electrons. The number of alkyl halides is 2. The molecule has 1 heterocycles. The molecule has 0 aliphatic rings. The van der Waals surface area contributed by atoms with E-state index in [1.54, 1.807) is 31.4 Å². The minimum absolute atomic E-state index is 0.148. The fourth-order valence-electron chi connectivity index (χ4n) is 2.26. The van der Waals surface area contributed by atoms with Crippen LogP contribution in [0.5, 0.6) is 5.75 Å². The highest BCUT2D eigenvalue weighted by atomic mass is 19.3. The molecule has 0 saturated carbocycles. The summed E-state index contributed by atoms with van der Waals surface area (Å²) in [5.41, 5.74) is 1.67. The van der Waals surface area contributed by atoms with Crippen LogP contribution in [-0.4, -0.2) is 38.7 Å². The summed E-state index contributed by atoms with van der Waals surface area (Å²) in [6.45, 7) is -1.99. The summed E-state index contributed by atoms with van der Waals surface area (Å²) in [4.78, 5) is 10.3. The maximum atomic E-state index is 12.5. The highest BCUT2D eigenvalue weighted by Crippen LogP contribution is 2.19. The molecule has 0 spiro atoms. The molecule has 2 N–H and O–H groups in total. The third kappa shape index (κ3) is 5.87. The van der Waals surface area contributed by atoms with Gasteiger partial charge in [-0.3, -0.25) is 4.99 Å². The van der Waals surface area contributed by atoms with Crippen molar-refractivity contribution in [2.45, 2.75) is 19.7 Å². The lowest BCUT2D eigenvalue weighted by Gasteiger charge is -2.15. The van der Waals surface area contributed by atoms with Gasteiger partial charge in [0.25, 0.3) is 0 Å². The van der Waals surface area contributed by atoms with Crippen molar-refractivity contribution in [1.82, 2.24) is 15.6 Å². The number of anilines is 1. The zero-order valence-corrected chi connectivity index (χ0v) is 15.0. The van der Waals surface area contributed by atoms with Gasteiger partial charge in [0, 0.05) is 46.0 Å². The Morgan fingerprint density at radius 1 is 1.19 bits per heavy atom. The lowest BCUT2D eigenvalue weighted by atomic mass is 10.2. The number of hydrogen-bond donors (Lipinski definition) is 2. The van der Waals surface area contributed by atoms with Crippen molar-refractivity contribution in [3.8, 4) is 5.75 Å². The third-order valence-electron chi connectivity index (χ3n) is 3.59. The largest absolute Gasteiger partial charge is 0.434 e. The van der Waals surface area contributed by atoms with E-state index in [0.717, 1.165) is 11.4 Å². The number of pyridine rings is 1. The zero-order chi connectivity index (χ0) is 18.9. The number of ether oxygens (including phenoxy) is 1. The molecule has 0 bridgehead atoms. The van der Waals surface area contributed by atoms with Crippen LogP contribution in [0, 0.1) is 0 Å². The number of nitrogens with one attached hydrogen (secondary N) is 2. The van der Waals surface area contributed by atoms with Gasteiger partial charge in [0.1, 0.15) is 11.6 Å². The number of para-hydroxylation sites is 1. The lowest BCUT2D eigenvalue weighted by molar-refractivity contribution is -0.0504. The smallest absolute Gasteiger partial charge is 0.387 e. The first-order chi connectivity index (χ1) is 12.5. The Hall–Kier alpha value is -2.90. The van der Waals surface area contributed by atoms with Gasteiger partial charge in [-0.05, 0) is 23.8 Å². The van der Waals surface area contributed by atoms with Crippen LogP contribution in [0.2, 0.25) is 0 Å². The fraction of sp³-hybridized carbons (Fsp3) is 0.333. The maximum absolute atomic E-state index is 12.5. The van der Waals surface area contributed by atoms with E-state index in [1.807, 2.05) is 31.1 Å². The van der Waals surface area contributed by atoms with Gasteiger partial charge in [0.15, 0.2) is 5.96 Å². The van der Waals surface area contributed by atoms with Crippen molar-refractivity contribution in [2.24, 2.45) is 4.99 Å². The Balaban J connectivity index is 1.94. The first-order valence-electron chi connectivity index (χ1n) is 8.09. The molecule has 0 atom stereocenters. The average Bonchev–Trinajstić information content (AvgIpc) is 2.63. The predicted octanol–water partition coefficient (Wildman–Crippen LogP) is 2.61. The molecule has 2 rings (SSSR count). The quantitative estimate of drug-likeness (QED) is 0.585. The van der Waals surface area contributed by atoms with Crippen LogP contribution < -0.4 is 20.3 Å². The summed E-state index contributed by atoms with van der Waals surface area (Å²) in [5.74, 6) is 1.57. The molecular weight excluding hydrogens is 340 g/mol. The second kappa shape index (κ2) is 9.55. The first kappa shape index (κ1) is 19.4. The maximum Gasteiger partial charge on any atom is 0.387 e. The Labute approximate surface area is 151 Å². The number of hydrogen-bond acceptors (Lipinski definition) is 4. The molecular formula is C18H23F2N5O. The molecule has 0 amide bonds. The summed E-state index contributed by atoms with van der Waals surface area (Å²) in [6, 6.07) is 10.6. The van der Waals surface area contributed by atoms with Crippen LogP contribution in [0.25, 0.3) is 0 Å². The number of halogens is 2. The SMILES string of the molecule is CN=C(NCc1ccnc(N(C)C)c1)NCc1ccccc1OC(F)F. The van der Waals surface area contributed by atoms with Crippen LogP contribution in [0.4, 0.5) is 14.6 Å². The highest BCUT2D eigenvalue weighted by molar-refractivity contribution is 5.79. The minimum atomic E-state index is -2.86. The fourth-order valence-corrected chi connectivity index (χ4v) is 2.26. The molecule has 0 saturated heterocycles. The molecule has 0 fully saturated rings. The van der Waals surface area contributed by atoms with E-state index in [9.17, 15) is 8.78 Å². The number of nitrogens with zero attached hydrogens (tertiary/aromatic N) is 3. The van der Waals surface area contributed by atoms with Crippen LogP contribution >= 0.6 is 0 Å². The van der Waals surface area contributed by atoms with Crippen LogP contribution in [0.15, 0.2) is 47.6 Å². The first-order valence-corrected chi connectivity index (χ1v) is 8.09. The van der Waals surface area contributed by atoms with Crippen molar-refractivity contribution in [1.29, 1.82) is 0 Å². The average molecular weight is 363 g/mol. The van der Waals surface area contributed by atoms with Gasteiger partial charge in [-0.15, -0.1) is 0 Å². The number of rotatable bonds is 7. The Kier molecular flexibility index (Phi) is 7.13. The predicted molar refractivity (Wildman–Crippen MR) is 98.7 cm³/mol. The molecule has 26 heavy (non-hydrogen) atoms. The summed E-state index contributed by atoms with van der Waals surface area (Å²) in [6.07, 6.45) is 1.75. The van der Waals surface area contributed by atoms with Crippen molar-refractivity contribution in [2.75, 3.05) is 26.0 Å². The van der Waals surface area contributed by atoms with Gasteiger partial charge in [-0.2, -0.15) is 8.78 Å². The van der Waals surface area contributed by atoms with Gasteiger partial charge in [-0.1, -0.05) is 18.2 Å². The number of guanidine groups is 1. The van der Waals surface area contributed by atoms with Crippen LogP contribution in [0.1, 0.15) is 11.1 Å². The molecule has 0 aliphatic carbocycles. The molecule has 8 heteroatoms. The monoisotopic (exact) mass is 363 g/mol. The molecule has 6 nitrogen and oxygen atoms in total. The van der Waals surface area contributed by atoms with Crippen molar-refractivity contribution in [3.05, 3.63) is 53.7 Å². The molecule has 2 aromatic rings. The normalized spacial score (nSPS) is 11.4. The standard InChI is InChI=1S/C18H23F2N5O/c1-21-18(23-11-13-8-9-22-16(10-13)25(2)3)24-12-14-6-4-5-7-15(14)26-17(19)20/h4-10,17H,11-12H2,1-3H3,(H2,21,23,24). The zero-order valence-electron chi connectivity index (χ0n) is 15.0. The lowest BCUT2D eigenvalue weighted by Crippen LogP contribution is -2.36. The van der Waals surface area contributed by atoms with Gasteiger partial charge in [-0.25, -0.2) is 4.98 Å². The molecule has 0 aliphatic heterocycles. The summed E-state index contributed by atoms with van der Waals surface area (Å²) >= 11 is 0. The van der Waals surface area contributed by atoms with E-state index in [4.69, 9.17) is 0 Å². The number of benzene rings is 1. The molecule has 1 aromatic heterocycles. The Morgan fingerprint density at radius 2 is 1.92 bits per heavy atom. The number of aliphatic imine (C=N–C) groups is 1. The molecule has 1 aromatic carbocycles. The summed E-state index contributed by atoms with van der Waals surface area (Å²) < 4.78 is 29.5. The Bertz CT molecular complexity index is 737. The van der Waals surface area contributed by atoms with Crippen molar-refractivity contribution in [3.63, 3.8) is 0 Å². The summed E-state index contributed by atoms with van der Waals surface area (Å²) in [7, 11) is 5.51. The van der Waals surface area contributed by atoms with Gasteiger partial charge in [0.2, 0.25) is 0 Å². The van der Waals surface area contributed by atoms with E-state index in [-0.39, 0.29) is 5.75 Å². The van der Waals surface area contributed by atoms with Gasteiger partial charge in [0.05, 0.1) is 0 Å². The highest BCUT2D eigenvalue weighted by Gasteiger charge is 2.09. The van der Waals surface area contributed by atoms with Gasteiger partial charge < -0.3 is 20.3 Å². The van der Waals surface area contributed by atoms with E-state index in [1.165, 1.54) is 6.07 Å². The third-order valence-corrected chi connectivity index (χ3v) is 3.59.